The Morgan fingerprint density at radius 1 is 1.15 bits per heavy atom. The number of hydrogen-bond acceptors (Lipinski definition) is 4. The zero-order chi connectivity index (χ0) is 21.0. The topological polar surface area (TPSA) is 95.3 Å². The summed E-state index contributed by atoms with van der Waals surface area (Å²) < 4.78 is 39.9. The van der Waals surface area contributed by atoms with E-state index in [4.69, 9.17) is 0 Å². The Hall–Kier alpha value is -2.16. The molecule has 6 nitrogen and oxygen atoms in total. The predicted molar refractivity (Wildman–Crippen MR) is 91.8 cm³/mol. The van der Waals surface area contributed by atoms with Crippen molar-refractivity contribution in [3.63, 3.8) is 0 Å². The van der Waals surface area contributed by atoms with Crippen LogP contribution in [0.1, 0.15) is 58.1 Å². The van der Waals surface area contributed by atoms with E-state index in [-0.39, 0.29) is 24.8 Å². The molecule has 1 rings (SSSR count). The van der Waals surface area contributed by atoms with Gasteiger partial charge in [0.25, 0.3) is 5.69 Å². The van der Waals surface area contributed by atoms with Crippen LogP contribution in [0.5, 0.6) is 0 Å². The summed E-state index contributed by atoms with van der Waals surface area (Å²) in [6.45, 7) is 5.91. The number of rotatable bonds is 8. The predicted octanol–water partition coefficient (Wildman–Crippen LogP) is 3.52. The molecule has 1 N–H and O–H groups in total. The van der Waals surface area contributed by atoms with Gasteiger partial charge in [0.05, 0.1) is 10.5 Å². The minimum absolute atomic E-state index is 0.114. The van der Waals surface area contributed by atoms with Crippen molar-refractivity contribution in [1.82, 2.24) is 5.32 Å². The summed E-state index contributed by atoms with van der Waals surface area (Å²) in [6, 6.07) is 2.74. The molecule has 1 amide bonds. The number of benzene rings is 1. The molecule has 1 aromatic carbocycles. The molecule has 1 unspecified atom stereocenters. The Balaban J connectivity index is 3.51. The third-order valence-electron chi connectivity index (χ3n) is 5.26. The van der Waals surface area contributed by atoms with Gasteiger partial charge in [-0.15, -0.1) is 6.61 Å². The molecule has 0 aliphatic heterocycles. The van der Waals surface area contributed by atoms with E-state index in [2.05, 4.69) is 5.32 Å². The largest absolute Gasteiger partial charge is 0.854 e. The third-order valence-corrected chi connectivity index (χ3v) is 5.26. The molecule has 0 aliphatic rings. The molecule has 0 heterocycles. The van der Waals surface area contributed by atoms with Gasteiger partial charge in [-0.05, 0) is 37.0 Å². The summed E-state index contributed by atoms with van der Waals surface area (Å²) in [5, 5.41) is 25.1. The minimum Gasteiger partial charge on any atom is -0.854 e. The quantitative estimate of drug-likeness (QED) is 0.544. The average molecular weight is 389 g/mol. The molecule has 0 saturated heterocycles. The van der Waals surface area contributed by atoms with Crippen molar-refractivity contribution in [2.45, 2.75) is 58.7 Å². The zero-order valence-corrected chi connectivity index (χ0v) is 15.8. The van der Waals surface area contributed by atoms with Crippen LogP contribution in [0.15, 0.2) is 18.2 Å². The Morgan fingerprint density at radius 3 is 2.07 bits per heavy atom. The van der Waals surface area contributed by atoms with Crippen LogP contribution in [0, 0.1) is 15.5 Å². The molecule has 152 valence electrons. The van der Waals surface area contributed by atoms with E-state index >= 15 is 0 Å². The van der Waals surface area contributed by atoms with Crippen LogP contribution in [0.3, 0.4) is 0 Å². The summed E-state index contributed by atoms with van der Waals surface area (Å²) in [4.78, 5) is 22.5. The van der Waals surface area contributed by atoms with E-state index in [1.807, 2.05) is 0 Å². The van der Waals surface area contributed by atoms with Gasteiger partial charge in [-0.1, -0.05) is 27.7 Å². The van der Waals surface area contributed by atoms with Gasteiger partial charge in [0, 0.05) is 11.5 Å². The van der Waals surface area contributed by atoms with Crippen molar-refractivity contribution in [1.29, 1.82) is 0 Å². The van der Waals surface area contributed by atoms with Gasteiger partial charge in [0.2, 0.25) is 5.91 Å². The third kappa shape index (κ3) is 4.58. The summed E-state index contributed by atoms with van der Waals surface area (Å²) in [6.07, 6.45) is -4.13. The van der Waals surface area contributed by atoms with E-state index in [0.717, 1.165) is 6.07 Å². The van der Waals surface area contributed by atoms with Gasteiger partial charge < -0.3 is 10.4 Å². The van der Waals surface area contributed by atoms with Gasteiger partial charge in [-0.2, -0.15) is 13.2 Å². The van der Waals surface area contributed by atoms with Crippen LogP contribution in [0.2, 0.25) is 0 Å². The number of carbonyl (C=O) groups is 1. The molecule has 1 atom stereocenters. The number of nitro groups is 1. The van der Waals surface area contributed by atoms with Crippen molar-refractivity contribution < 1.29 is 28.0 Å². The standard InChI is InChI=1S/C18H24F3N2O4/c1-5-16(4,11-24)15(25)22-17(6-2,7-3)12-8-9-14(23(26)27)13(10-12)18(19,20)21/h8-10H,5-7,11H2,1-4H3,(H,22,25)/q-1. The smallest absolute Gasteiger partial charge is 0.423 e. The first kappa shape index (κ1) is 22.9. The molecular weight excluding hydrogens is 365 g/mol. The van der Waals surface area contributed by atoms with Gasteiger partial charge in [0.1, 0.15) is 5.56 Å². The van der Waals surface area contributed by atoms with E-state index in [1.54, 1.807) is 20.8 Å². The average Bonchev–Trinajstić information content (AvgIpc) is 2.64. The summed E-state index contributed by atoms with van der Waals surface area (Å²) in [7, 11) is 0. The van der Waals surface area contributed by atoms with Gasteiger partial charge in [-0.3, -0.25) is 14.9 Å². The second-order valence-corrected chi connectivity index (χ2v) is 6.79. The van der Waals surface area contributed by atoms with Gasteiger partial charge in [0.15, 0.2) is 0 Å². The number of nitro benzene ring substituents is 1. The minimum atomic E-state index is -4.91. The van der Waals surface area contributed by atoms with Crippen LogP contribution in [0.25, 0.3) is 0 Å². The molecule has 0 aromatic heterocycles. The molecule has 1 aromatic rings. The SMILES string of the molecule is CCC(C)(C[O-])C(=O)NC(CC)(CC)c1ccc([N+](=O)[O-])c(C(F)(F)F)c1. The lowest BCUT2D eigenvalue weighted by Crippen LogP contribution is -2.53. The fourth-order valence-corrected chi connectivity index (χ4v) is 2.82. The van der Waals surface area contributed by atoms with Crippen molar-refractivity contribution in [3.8, 4) is 0 Å². The monoisotopic (exact) mass is 389 g/mol. The normalized spacial score (nSPS) is 14.5. The summed E-state index contributed by atoms with van der Waals surface area (Å²) in [5.41, 5.74) is -4.66. The van der Waals surface area contributed by atoms with Crippen molar-refractivity contribution in [3.05, 3.63) is 39.4 Å². The number of nitrogens with one attached hydrogen (secondary N) is 1. The van der Waals surface area contributed by atoms with Crippen LogP contribution >= 0.6 is 0 Å². The summed E-state index contributed by atoms with van der Waals surface area (Å²) >= 11 is 0. The van der Waals surface area contributed by atoms with E-state index in [1.165, 1.54) is 13.0 Å². The molecule has 27 heavy (non-hydrogen) atoms. The first-order chi connectivity index (χ1) is 12.4. The second-order valence-electron chi connectivity index (χ2n) is 6.79. The molecule has 0 radical (unpaired) electrons. The van der Waals surface area contributed by atoms with E-state index in [9.17, 15) is 33.2 Å². The van der Waals surface area contributed by atoms with Crippen LogP contribution in [-0.4, -0.2) is 17.4 Å². The lowest BCUT2D eigenvalue weighted by molar-refractivity contribution is -0.388. The Kier molecular flexibility index (Phi) is 6.99. The molecule has 0 saturated carbocycles. The fourth-order valence-electron chi connectivity index (χ4n) is 2.82. The second kappa shape index (κ2) is 8.24. The Labute approximate surface area is 155 Å². The maximum Gasteiger partial charge on any atom is 0.423 e. The van der Waals surface area contributed by atoms with Crippen LogP contribution in [-0.2, 0) is 16.5 Å². The molecule has 9 heteroatoms. The first-order valence-corrected chi connectivity index (χ1v) is 8.67. The maximum absolute atomic E-state index is 13.3. The highest BCUT2D eigenvalue weighted by Crippen LogP contribution is 2.40. The number of carbonyl (C=O) groups excluding carboxylic acids is 1. The molecule has 0 fully saturated rings. The molecule has 0 aliphatic carbocycles. The number of alkyl halides is 3. The molecule has 0 spiro atoms. The number of amides is 1. The van der Waals surface area contributed by atoms with Crippen LogP contribution in [0.4, 0.5) is 18.9 Å². The first-order valence-electron chi connectivity index (χ1n) is 8.67. The van der Waals surface area contributed by atoms with Crippen molar-refractivity contribution >= 4 is 11.6 Å². The lowest BCUT2D eigenvalue weighted by Gasteiger charge is -2.39. The fraction of sp³-hybridized carbons (Fsp3) is 0.611. The highest BCUT2D eigenvalue weighted by molar-refractivity contribution is 5.83. The maximum atomic E-state index is 13.3. The van der Waals surface area contributed by atoms with Gasteiger partial charge >= 0.3 is 6.18 Å². The number of halogens is 3. The van der Waals surface area contributed by atoms with E-state index in [0.29, 0.717) is 6.07 Å². The molecular formula is C18H24F3N2O4-. The highest BCUT2D eigenvalue weighted by Gasteiger charge is 2.42. The van der Waals surface area contributed by atoms with Crippen molar-refractivity contribution in [2.24, 2.45) is 5.41 Å². The van der Waals surface area contributed by atoms with Crippen LogP contribution < -0.4 is 10.4 Å². The molecule has 0 bridgehead atoms. The number of hydrogen-bond donors (Lipinski definition) is 1. The lowest BCUT2D eigenvalue weighted by atomic mass is 9.80. The Bertz CT molecular complexity index is 696. The van der Waals surface area contributed by atoms with Gasteiger partial charge in [-0.25, -0.2) is 0 Å². The summed E-state index contributed by atoms with van der Waals surface area (Å²) in [5.74, 6) is -0.546. The number of nitrogens with zero attached hydrogens (tertiary/aromatic N) is 1. The zero-order valence-electron chi connectivity index (χ0n) is 15.8. The van der Waals surface area contributed by atoms with Crippen molar-refractivity contribution in [2.75, 3.05) is 6.61 Å². The van der Waals surface area contributed by atoms with E-state index < -0.39 is 45.8 Å². The highest BCUT2D eigenvalue weighted by atomic mass is 19.4. The Morgan fingerprint density at radius 2 is 1.70 bits per heavy atom.